The average Bonchev–Trinajstić information content (AvgIpc) is 2.57. The van der Waals surface area contributed by atoms with Crippen LogP contribution in [0.15, 0.2) is 54.6 Å². The summed E-state index contributed by atoms with van der Waals surface area (Å²) in [5.41, 5.74) is 12.5. The Morgan fingerprint density at radius 1 is 0.920 bits per heavy atom. The number of urea groups is 1. The number of anilines is 3. The van der Waals surface area contributed by atoms with Crippen molar-refractivity contribution < 1.29 is 14.7 Å². The number of benzene rings is 3. The van der Waals surface area contributed by atoms with Crippen molar-refractivity contribution in [2.75, 3.05) is 16.4 Å². The topological polar surface area (TPSA) is 130 Å². The minimum Gasteiger partial charge on any atom is -0.506 e. The minimum atomic E-state index is -0.662. The Bertz CT molecular complexity index is 980. The van der Waals surface area contributed by atoms with Gasteiger partial charge in [0.1, 0.15) is 5.75 Å². The van der Waals surface area contributed by atoms with Crippen molar-refractivity contribution in [3.05, 3.63) is 60.2 Å². The summed E-state index contributed by atoms with van der Waals surface area (Å²) in [7, 11) is 0. The molecule has 0 heterocycles. The molecule has 0 aliphatic carbocycles. The number of aromatic hydroxyl groups is 1. The average molecular weight is 336 g/mol. The van der Waals surface area contributed by atoms with E-state index in [1.54, 1.807) is 18.2 Å². The zero-order valence-corrected chi connectivity index (χ0v) is 13.1. The van der Waals surface area contributed by atoms with Crippen LogP contribution in [0.1, 0.15) is 10.4 Å². The third-order valence-corrected chi connectivity index (χ3v) is 3.71. The highest BCUT2D eigenvalue weighted by Crippen LogP contribution is 2.29. The van der Waals surface area contributed by atoms with Crippen LogP contribution in [-0.2, 0) is 0 Å². The summed E-state index contributed by atoms with van der Waals surface area (Å²) in [6.07, 6.45) is 0. The summed E-state index contributed by atoms with van der Waals surface area (Å²) >= 11 is 0. The van der Waals surface area contributed by atoms with Crippen LogP contribution in [0.4, 0.5) is 21.9 Å². The van der Waals surface area contributed by atoms with E-state index in [1.807, 2.05) is 18.2 Å². The summed E-state index contributed by atoms with van der Waals surface area (Å²) in [5, 5.41) is 16.6. The number of nitrogen functional groups attached to an aromatic ring is 1. The first-order valence-corrected chi connectivity index (χ1v) is 7.44. The number of nitrogens with one attached hydrogen (secondary N) is 2. The van der Waals surface area contributed by atoms with Gasteiger partial charge < -0.3 is 27.2 Å². The lowest BCUT2D eigenvalue weighted by molar-refractivity contribution is 0.100. The highest BCUT2D eigenvalue weighted by molar-refractivity contribution is 6.10. The molecule has 0 bridgehead atoms. The lowest BCUT2D eigenvalue weighted by Gasteiger charge is -2.12. The summed E-state index contributed by atoms with van der Waals surface area (Å²) < 4.78 is 0. The Balaban J connectivity index is 1.87. The van der Waals surface area contributed by atoms with Crippen molar-refractivity contribution in [2.24, 2.45) is 5.73 Å². The standard InChI is InChI=1S/C18H16N4O3/c19-12-5-1-3-10-4-2-6-13(16(10)12)21-18(25)22-14-9-11(17(20)24)7-8-15(14)23/h1-9,23H,19H2,(H2,20,24)(H2,21,22,25). The number of carbonyl (C=O) groups excluding carboxylic acids is 2. The van der Waals surface area contributed by atoms with Gasteiger partial charge in [-0.3, -0.25) is 4.79 Å². The molecule has 7 N–H and O–H groups in total. The quantitative estimate of drug-likeness (QED) is 0.372. The maximum atomic E-state index is 12.3. The Morgan fingerprint density at radius 3 is 2.32 bits per heavy atom. The number of hydrogen-bond donors (Lipinski definition) is 5. The van der Waals surface area contributed by atoms with E-state index in [4.69, 9.17) is 11.5 Å². The summed E-state index contributed by atoms with van der Waals surface area (Å²) in [6, 6.07) is 14.2. The fourth-order valence-electron chi connectivity index (χ4n) is 2.54. The predicted octanol–water partition coefficient (Wildman–Crippen LogP) is 2.87. The van der Waals surface area contributed by atoms with E-state index in [2.05, 4.69) is 10.6 Å². The molecule has 0 unspecified atom stereocenters. The molecule has 0 saturated carbocycles. The third kappa shape index (κ3) is 3.30. The van der Waals surface area contributed by atoms with Gasteiger partial charge in [-0.25, -0.2) is 4.79 Å². The second-order valence-corrected chi connectivity index (χ2v) is 5.43. The van der Waals surface area contributed by atoms with Gasteiger partial charge in [0.25, 0.3) is 0 Å². The smallest absolute Gasteiger partial charge is 0.323 e. The lowest BCUT2D eigenvalue weighted by atomic mass is 10.1. The number of rotatable bonds is 3. The molecule has 0 aromatic heterocycles. The zero-order valence-electron chi connectivity index (χ0n) is 13.1. The number of phenols is 1. The van der Waals surface area contributed by atoms with Gasteiger partial charge in [0.15, 0.2) is 0 Å². The highest BCUT2D eigenvalue weighted by atomic mass is 16.3. The van der Waals surface area contributed by atoms with Gasteiger partial charge >= 0.3 is 6.03 Å². The molecule has 3 rings (SSSR count). The van der Waals surface area contributed by atoms with Gasteiger partial charge in [-0.05, 0) is 35.7 Å². The molecule has 0 aliphatic heterocycles. The molecule has 0 saturated heterocycles. The molecule has 3 aromatic rings. The number of amides is 3. The van der Waals surface area contributed by atoms with Crippen LogP contribution in [0.2, 0.25) is 0 Å². The van der Waals surface area contributed by atoms with Crippen molar-refractivity contribution >= 4 is 39.8 Å². The molecule has 126 valence electrons. The number of nitrogens with two attached hydrogens (primary N) is 2. The Labute approximate surface area is 143 Å². The van der Waals surface area contributed by atoms with Crippen molar-refractivity contribution in [3.63, 3.8) is 0 Å². The van der Waals surface area contributed by atoms with Gasteiger partial charge in [-0.1, -0.05) is 24.3 Å². The molecule has 0 fully saturated rings. The number of phenolic OH excluding ortho intramolecular Hbond substituents is 1. The summed E-state index contributed by atoms with van der Waals surface area (Å²) in [5.74, 6) is -0.845. The van der Waals surface area contributed by atoms with E-state index in [9.17, 15) is 14.7 Å². The normalized spacial score (nSPS) is 10.4. The van der Waals surface area contributed by atoms with Crippen LogP contribution in [0, 0.1) is 0 Å². The SMILES string of the molecule is NC(=O)c1ccc(O)c(NC(=O)Nc2cccc3cccc(N)c23)c1. The molecule has 3 amide bonds. The first-order chi connectivity index (χ1) is 12.0. The third-order valence-electron chi connectivity index (χ3n) is 3.71. The van der Waals surface area contributed by atoms with E-state index in [0.29, 0.717) is 11.4 Å². The van der Waals surface area contributed by atoms with Gasteiger partial charge in [0.05, 0.1) is 11.4 Å². The van der Waals surface area contributed by atoms with Crippen LogP contribution >= 0.6 is 0 Å². The maximum absolute atomic E-state index is 12.3. The summed E-state index contributed by atoms with van der Waals surface area (Å²) in [4.78, 5) is 23.5. The predicted molar refractivity (Wildman–Crippen MR) is 97.6 cm³/mol. The van der Waals surface area contributed by atoms with Crippen molar-refractivity contribution in [1.82, 2.24) is 0 Å². The molecule has 7 nitrogen and oxygen atoms in total. The first kappa shape index (κ1) is 16.1. The van der Waals surface area contributed by atoms with Crippen LogP contribution in [0.3, 0.4) is 0 Å². The van der Waals surface area contributed by atoms with Gasteiger partial charge in [-0.2, -0.15) is 0 Å². The number of hydrogen-bond acceptors (Lipinski definition) is 4. The molecule has 0 radical (unpaired) electrons. The van der Waals surface area contributed by atoms with Crippen LogP contribution < -0.4 is 22.1 Å². The van der Waals surface area contributed by atoms with Gasteiger partial charge in [0.2, 0.25) is 5.91 Å². The second-order valence-electron chi connectivity index (χ2n) is 5.43. The van der Waals surface area contributed by atoms with Crippen LogP contribution in [0.5, 0.6) is 5.75 Å². The largest absolute Gasteiger partial charge is 0.506 e. The van der Waals surface area contributed by atoms with Crippen molar-refractivity contribution in [1.29, 1.82) is 0 Å². The van der Waals surface area contributed by atoms with Gasteiger partial charge in [0, 0.05) is 16.6 Å². The Hall–Kier alpha value is -3.74. The highest BCUT2D eigenvalue weighted by Gasteiger charge is 2.12. The first-order valence-electron chi connectivity index (χ1n) is 7.44. The second kappa shape index (κ2) is 6.40. The fourth-order valence-corrected chi connectivity index (χ4v) is 2.54. The zero-order chi connectivity index (χ0) is 18.0. The molecule has 0 atom stereocenters. The lowest BCUT2D eigenvalue weighted by Crippen LogP contribution is -2.20. The fraction of sp³-hybridized carbons (Fsp3) is 0. The molecule has 25 heavy (non-hydrogen) atoms. The Kier molecular flexibility index (Phi) is 4.13. The van der Waals surface area contributed by atoms with E-state index >= 15 is 0 Å². The number of primary amides is 1. The number of fused-ring (bicyclic) bond motifs is 1. The van der Waals surface area contributed by atoms with E-state index < -0.39 is 11.9 Å². The molecule has 0 spiro atoms. The van der Waals surface area contributed by atoms with E-state index in [1.165, 1.54) is 18.2 Å². The summed E-state index contributed by atoms with van der Waals surface area (Å²) in [6.45, 7) is 0. The molecular weight excluding hydrogens is 320 g/mol. The van der Waals surface area contributed by atoms with E-state index in [0.717, 1.165) is 10.8 Å². The molecule has 3 aromatic carbocycles. The molecule has 7 heteroatoms. The van der Waals surface area contributed by atoms with Crippen molar-refractivity contribution in [3.8, 4) is 5.75 Å². The monoisotopic (exact) mass is 336 g/mol. The maximum Gasteiger partial charge on any atom is 0.323 e. The number of carbonyl (C=O) groups is 2. The van der Waals surface area contributed by atoms with Crippen molar-refractivity contribution in [2.45, 2.75) is 0 Å². The Morgan fingerprint density at radius 2 is 1.60 bits per heavy atom. The van der Waals surface area contributed by atoms with Crippen LogP contribution in [0.25, 0.3) is 10.8 Å². The van der Waals surface area contributed by atoms with Crippen LogP contribution in [-0.4, -0.2) is 17.0 Å². The molecular formula is C18H16N4O3. The minimum absolute atomic E-state index is 0.0713. The van der Waals surface area contributed by atoms with E-state index in [-0.39, 0.29) is 17.0 Å². The van der Waals surface area contributed by atoms with Gasteiger partial charge in [-0.15, -0.1) is 0 Å². The molecule has 0 aliphatic rings.